The minimum Gasteiger partial charge on any atom is -0.464 e. The van der Waals surface area contributed by atoms with E-state index in [2.05, 4.69) is 19.9 Å². The molecule has 0 amide bonds. The van der Waals surface area contributed by atoms with Crippen molar-refractivity contribution in [2.24, 2.45) is 4.99 Å². The van der Waals surface area contributed by atoms with Crippen LogP contribution in [0.3, 0.4) is 0 Å². The summed E-state index contributed by atoms with van der Waals surface area (Å²) in [5, 5.41) is 0. The van der Waals surface area contributed by atoms with Crippen LogP contribution >= 0.6 is 0 Å². The molecule has 4 rings (SSSR count). The van der Waals surface area contributed by atoms with Crippen LogP contribution in [0.4, 0.5) is 0 Å². The van der Waals surface area contributed by atoms with Crippen molar-refractivity contribution in [1.29, 1.82) is 0 Å². The summed E-state index contributed by atoms with van der Waals surface area (Å²) in [6.07, 6.45) is 3.13. The predicted molar refractivity (Wildman–Crippen MR) is 110 cm³/mol. The Morgan fingerprint density at radius 1 is 1.03 bits per heavy atom. The molecule has 0 saturated heterocycles. The maximum atomic E-state index is 12.8. The Bertz CT molecular complexity index is 1100. The van der Waals surface area contributed by atoms with E-state index in [4.69, 9.17) is 9.73 Å². The zero-order valence-electron chi connectivity index (χ0n) is 15.8. The fraction of sp³-hybridized carbons (Fsp3) is 0.136. The van der Waals surface area contributed by atoms with Gasteiger partial charge < -0.3 is 9.72 Å². The van der Waals surface area contributed by atoms with Gasteiger partial charge in [0.1, 0.15) is 5.52 Å². The SMILES string of the molecule is CCOC(=O)C(N=C(c1ccccc1)c1ccccc1)c1ncc2[nH]cnc2n1. The molecule has 4 aromatic rings. The van der Waals surface area contributed by atoms with Crippen molar-refractivity contribution in [2.45, 2.75) is 13.0 Å². The highest BCUT2D eigenvalue weighted by atomic mass is 16.5. The molecule has 0 aliphatic rings. The normalized spacial score (nSPS) is 11.8. The number of carbonyl (C=O) groups is 1. The smallest absolute Gasteiger partial charge is 0.338 e. The first-order valence-electron chi connectivity index (χ1n) is 9.27. The van der Waals surface area contributed by atoms with Gasteiger partial charge in [0.05, 0.1) is 24.8 Å². The standard InChI is InChI=1S/C22H19N5O2/c1-2-29-22(28)19(21-23-13-17-20(27-21)25-14-24-17)26-18(15-9-5-3-6-10-15)16-11-7-4-8-12-16/h3-14,19H,2H2,1H3,(H,23,24,25,27). The molecule has 2 heterocycles. The van der Waals surface area contributed by atoms with Gasteiger partial charge in [0, 0.05) is 11.1 Å². The number of carbonyl (C=O) groups excluding carboxylic acids is 1. The number of hydrogen-bond acceptors (Lipinski definition) is 6. The number of imidazole rings is 1. The Kier molecular flexibility index (Phi) is 5.38. The van der Waals surface area contributed by atoms with Crippen LogP contribution in [0.5, 0.6) is 0 Å². The number of aromatic amines is 1. The molecule has 0 aliphatic heterocycles. The van der Waals surface area contributed by atoms with Crippen molar-refractivity contribution < 1.29 is 9.53 Å². The van der Waals surface area contributed by atoms with E-state index >= 15 is 0 Å². The zero-order valence-corrected chi connectivity index (χ0v) is 15.8. The number of aromatic nitrogens is 4. The van der Waals surface area contributed by atoms with E-state index in [1.807, 2.05) is 60.7 Å². The van der Waals surface area contributed by atoms with Gasteiger partial charge in [-0.3, -0.25) is 4.99 Å². The highest BCUT2D eigenvalue weighted by Crippen LogP contribution is 2.21. The lowest BCUT2D eigenvalue weighted by molar-refractivity contribution is -0.144. The lowest BCUT2D eigenvalue weighted by atomic mass is 10.0. The average Bonchev–Trinajstić information content (AvgIpc) is 3.24. The van der Waals surface area contributed by atoms with E-state index in [-0.39, 0.29) is 12.4 Å². The van der Waals surface area contributed by atoms with E-state index in [0.29, 0.717) is 16.9 Å². The van der Waals surface area contributed by atoms with Gasteiger partial charge in [0.25, 0.3) is 0 Å². The van der Waals surface area contributed by atoms with E-state index in [9.17, 15) is 4.79 Å². The van der Waals surface area contributed by atoms with Crippen molar-refractivity contribution in [3.05, 3.63) is 90.1 Å². The first-order chi connectivity index (χ1) is 14.3. The second kappa shape index (κ2) is 8.43. The second-order valence-electron chi connectivity index (χ2n) is 6.23. The summed E-state index contributed by atoms with van der Waals surface area (Å²) < 4.78 is 5.27. The van der Waals surface area contributed by atoms with Crippen LogP contribution in [0, 0.1) is 0 Å². The first-order valence-corrected chi connectivity index (χ1v) is 9.27. The minimum atomic E-state index is -1.01. The van der Waals surface area contributed by atoms with E-state index < -0.39 is 12.0 Å². The molecule has 7 nitrogen and oxygen atoms in total. The van der Waals surface area contributed by atoms with E-state index in [1.54, 1.807) is 13.1 Å². The molecule has 0 fully saturated rings. The van der Waals surface area contributed by atoms with Crippen LogP contribution in [0.15, 0.2) is 78.2 Å². The van der Waals surface area contributed by atoms with Crippen LogP contribution in [-0.4, -0.2) is 38.2 Å². The summed E-state index contributed by atoms with van der Waals surface area (Å²) in [6, 6.07) is 18.4. The molecule has 1 atom stereocenters. The number of aliphatic imine (C=N–C) groups is 1. The molecule has 2 aromatic carbocycles. The molecule has 1 unspecified atom stereocenters. The Hall–Kier alpha value is -3.87. The molecule has 1 N–H and O–H groups in total. The molecular weight excluding hydrogens is 366 g/mol. The lowest BCUT2D eigenvalue weighted by Crippen LogP contribution is -2.19. The second-order valence-corrected chi connectivity index (χ2v) is 6.23. The quantitative estimate of drug-likeness (QED) is 0.405. The van der Waals surface area contributed by atoms with Gasteiger partial charge in [0.15, 0.2) is 11.5 Å². The third kappa shape index (κ3) is 4.03. The number of ether oxygens (including phenoxy) is 1. The van der Waals surface area contributed by atoms with Crippen molar-refractivity contribution in [2.75, 3.05) is 6.61 Å². The average molecular weight is 385 g/mol. The van der Waals surface area contributed by atoms with Gasteiger partial charge in [0.2, 0.25) is 6.04 Å². The molecule has 2 aromatic heterocycles. The van der Waals surface area contributed by atoms with Crippen LogP contribution in [0.25, 0.3) is 11.2 Å². The molecular formula is C22H19N5O2. The molecule has 0 aliphatic carbocycles. The van der Waals surface area contributed by atoms with Gasteiger partial charge in [-0.2, -0.15) is 0 Å². The maximum absolute atomic E-state index is 12.8. The number of nitrogens with zero attached hydrogens (tertiary/aromatic N) is 4. The summed E-state index contributed by atoms with van der Waals surface area (Å²) in [5.41, 5.74) is 3.59. The number of benzene rings is 2. The number of H-pyrrole nitrogens is 1. The summed E-state index contributed by atoms with van der Waals surface area (Å²) in [4.78, 5) is 33.4. The molecule has 144 valence electrons. The Labute approximate surface area is 167 Å². The molecule has 0 bridgehead atoms. The van der Waals surface area contributed by atoms with Gasteiger partial charge in [-0.05, 0) is 6.92 Å². The van der Waals surface area contributed by atoms with Gasteiger partial charge in [-0.1, -0.05) is 60.7 Å². The van der Waals surface area contributed by atoms with Gasteiger partial charge >= 0.3 is 5.97 Å². The summed E-state index contributed by atoms with van der Waals surface area (Å²) in [7, 11) is 0. The molecule has 29 heavy (non-hydrogen) atoms. The Morgan fingerprint density at radius 3 is 2.31 bits per heavy atom. The number of hydrogen-bond donors (Lipinski definition) is 1. The minimum absolute atomic E-state index is 0.238. The number of nitrogens with one attached hydrogen (secondary N) is 1. The highest BCUT2D eigenvalue weighted by molar-refractivity contribution is 6.13. The maximum Gasteiger partial charge on any atom is 0.338 e. The molecule has 0 saturated carbocycles. The monoisotopic (exact) mass is 385 g/mol. The number of esters is 1. The molecule has 7 heteroatoms. The third-order valence-corrected chi connectivity index (χ3v) is 4.30. The van der Waals surface area contributed by atoms with E-state index in [0.717, 1.165) is 11.1 Å². The van der Waals surface area contributed by atoms with Crippen LogP contribution in [-0.2, 0) is 9.53 Å². The number of rotatable bonds is 6. The molecule has 0 radical (unpaired) electrons. The Morgan fingerprint density at radius 2 is 1.69 bits per heavy atom. The van der Waals surface area contributed by atoms with E-state index in [1.165, 1.54) is 6.33 Å². The fourth-order valence-corrected chi connectivity index (χ4v) is 2.95. The first kappa shape index (κ1) is 18.5. The van der Waals surface area contributed by atoms with Gasteiger partial charge in [-0.25, -0.2) is 19.7 Å². The van der Waals surface area contributed by atoms with Crippen molar-refractivity contribution >= 4 is 22.8 Å². The highest BCUT2D eigenvalue weighted by Gasteiger charge is 2.26. The summed E-state index contributed by atoms with van der Waals surface area (Å²) >= 11 is 0. The van der Waals surface area contributed by atoms with Crippen LogP contribution in [0.1, 0.15) is 29.9 Å². The summed E-state index contributed by atoms with van der Waals surface area (Å²) in [6.45, 7) is 1.99. The predicted octanol–water partition coefficient (Wildman–Crippen LogP) is 3.49. The van der Waals surface area contributed by atoms with Gasteiger partial charge in [-0.15, -0.1) is 0 Å². The lowest BCUT2D eigenvalue weighted by Gasteiger charge is -2.14. The van der Waals surface area contributed by atoms with Crippen molar-refractivity contribution in [1.82, 2.24) is 19.9 Å². The number of fused-ring (bicyclic) bond motifs is 1. The zero-order chi connectivity index (χ0) is 20.1. The van der Waals surface area contributed by atoms with Crippen LogP contribution in [0.2, 0.25) is 0 Å². The van der Waals surface area contributed by atoms with Crippen molar-refractivity contribution in [3.8, 4) is 0 Å². The summed E-state index contributed by atoms with van der Waals surface area (Å²) in [5.74, 6) is -0.265. The van der Waals surface area contributed by atoms with Crippen molar-refractivity contribution in [3.63, 3.8) is 0 Å². The third-order valence-electron chi connectivity index (χ3n) is 4.30. The fourth-order valence-electron chi connectivity index (χ4n) is 2.95. The Balaban J connectivity index is 1.86. The largest absolute Gasteiger partial charge is 0.464 e. The topological polar surface area (TPSA) is 93.1 Å². The van der Waals surface area contributed by atoms with Crippen LogP contribution < -0.4 is 0 Å². The molecule has 0 spiro atoms.